The van der Waals surface area contributed by atoms with Gasteiger partial charge in [-0.3, -0.25) is 4.79 Å². The third-order valence-corrected chi connectivity index (χ3v) is 12.4. The van der Waals surface area contributed by atoms with Crippen molar-refractivity contribution >= 4 is 11.8 Å². The van der Waals surface area contributed by atoms with Gasteiger partial charge in [-0.1, -0.05) is 101 Å². The molecule has 0 spiro atoms. The third-order valence-electron chi connectivity index (χ3n) is 12.4. The molecule has 58 heavy (non-hydrogen) atoms. The van der Waals surface area contributed by atoms with E-state index in [1.165, 1.54) is 0 Å². The first-order valence-corrected chi connectivity index (χ1v) is 21.7. The molecule has 13 atom stereocenters. The number of cyclic esters (lactones) is 1. The van der Waals surface area contributed by atoms with Gasteiger partial charge in [-0.25, -0.2) is 4.79 Å². The van der Waals surface area contributed by atoms with Gasteiger partial charge in [0, 0.05) is 48.5 Å². The van der Waals surface area contributed by atoms with Crippen LogP contribution in [0.1, 0.15) is 140 Å². The molecule has 0 aromatic rings. The second-order valence-corrected chi connectivity index (χ2v) is 17.7. The second-order valence-electron chi connectivity index (χ2n) is 17.7. The Morgan fingerprint density at radius 2 is 1.67 bits per heavy atom. The number of aliphatic hydroxyl groups is 6. The van der Waals surface area contributed by atoms with Gasteiger partial charge >= 0.3 is 5.97 Å². The average Bonchev–Trinajstić information content (AvgIpc) is 3.17. The lowest BCUT2D eigenvalue weighted by molar-refractivity contribution is -0.277. The van der Waals surface area contributed by atoms with Crippen LogP contribution in [0, 0.1) is 29.6 Å². The highest BCUT2D eigenvalue weighted by atomic mass is 16.6. The number of ketones is 1. The highest BCUT2D eigenvalue weighted by molar-refractivity contribution is 5.87. The summed E-state index contributed by atoms with van der Waals surface area (Å²) < 4.78 is 12.3. The lowest BCUT2D eigenvalue weighted by atomic mass is 9.85. The highest BCUT2D eigenvalue weighted by Gasteiger charge is 2.41. The van der Waals surface area contributed by atoms with E-state index in [0.29, 0.717) is 43.3 Å². The number of carbonyl (C=O) groups excluding carboxylic acids is 2. The molecule has 0 radical (unpaired) electrons. The Morgan fingerprint density at radius 3 is 2.34 bits per heavy atom. The summed E-state index contributed by atoms with van der Waals surface area (Å²) in [6, 6.07) is 0. The molecular formula is C48H78O10. The molecule has 2 aliphatic heterocycles. The Hall–Kier alpha value is -2.70. The molecule has 10 heteroatoms. The topological polar surface area (TPSA) is 174 Å². The maximum atomic E-state index is 13.5. The number of allylic oxidation sites excluding steroid dienone is 6. The molecule has 330 valence electrons. The minimum absolute atomic E-state index is 0.0804. The van der Waals surface area contributed by atoms with Crippen molar-refractivity contribution in [3.05, 3.63) is 70.9 Å². The van der Waals surface area contributed by atoms with Gasteiger partial charge in [0.25, 0.3) is 0 Å². The number of esters is 1. The smallest absolute Gasteiger partial charge is 0.333 e. The van der Waals surface area contributed by atoms with E-state index in [1.54, 1.807) is 19.9 Å². The van der Waals surface area contributed by atoms with E-state index in [0.717, 1.165) is 17.6 Å². The predicted octanol–water partition coefficient (Wildman–Crippen LogP) is 7.76. The summed E-state index contributed by atoms with van der Waals surface area (Å²) in [5, 5.41) is 65.1. The van der Waals surface area contributed by atoms with Crippen LogP contribution in [-0.2, 0) is 19.1 Å². The van der Waals surface area contributed by atoms with E-state index in [1.807, 2.05) is 97.9 Å². The number of hydrogen-bond donors (Lipinski definition) is 6. The number of rotatable bonds is 10. The molecular weight excluding hydrogens is 737 g/mol. The van der Waals surface area contributed by atoms with E-state index in [9.17, 15) is 40.2 Å². The summed E-state index contributed by atoms with van der Waals surface area (Å²) >= 11 is 0. The molecule has 2 rings (SSSR count). The monoisotopic (exact) mass is 815 g/mol. The van der Waals surface area contributed by atoms with Crippen LogP contribution in [0.5, 0.6) is 0 Å². The third kappa shape index (κ3) is 17.5. The predicted molar refractivity (Wildman–Crippen MR) is 230 cm³/mol. The first-order chi connectivity index (χ1) is 27.2. The van der Waals surface area contributed by atoms with Crippen LogP contribution in [0.25, 0.3) is 0 Å². The summed E-state index contributed by atoms with van der Waals surface area (Å²) in [5.74, 6) is -3.01. The van der Waals surface area contributed by atoms with E-state index in [2.05, 4.69) is 0 Å². The van der Waals surface area contributed by atoms with Crippen LogP contribution in [-0.4, -0.2) is 90.9 Å². The van der Waals surface area contributed by atoms with Crippen molar-refractivity contribution in [2.75, 3.05) is 0 Å². The van der Waals surface area contributed by atoms with E-state index in [4.69, 9.17) is 9.47 Å². The first-order valence-electron chi connectivity index (χ1n) is 21.7. The number of fused-ring (bicyclic) bond motifs is 2. The van der Waals surface area contributed by atoms with Gasteiger partial charge in [-0.2, -0.15) is 0 Å². The molecule has 2 heterocycles. The maximum Gasteiger partial charge on any atom is 0.333 e. The molecule has 1 fully saturated rings. The standard InChI is InChI=1S/C48H78O10/c1-11-41(50)38(10)45(54)27-39(49)20-17-30(2)26-36(8)46-29-44(53)33(5)16-14-12-13-15-32(4)43(52)28-40-21-19-37(9)48(56,58-40)24-23-31(3)25-35(7)42(51)22-18-34(6)47(55)57-46/h12-14,16-18,23,25,32-33,36-42,44-46,49-51,53-54,56H,11,15,19-22,24,26-29H2,1-10H3/b13-12-,16-14-,30-17+,31-23-,34-18-,35-25-. The van der Waals surface area contributed by atoms with Crippen molar-refractivity contribution < 1.29 is 49.7 Å². The fourth-order valence-corrected chi connectivity index (χ4v) is 7.54. The largest absolute Gasteiger partial charge is 0.459 e. The van der Waals surface area contributed by atoms with Crippen molar-refractivity contribution in [1.82, 2.24) is 0 Å². The number of aliphatic hydroxyl groups excluding tert-OH is 5. The van der Waals surface area contributed by atoms with Crippen LogP contribution in [0.3, 0.4) is 0 Å². The van der Waals surface area contributed by atoms with Crippen LogP contribution < -0.4 is 0 Å². The van der Waals surface area contributed by atoms with Gasteiger partial charge in [0.05, 0.1) is 36.6 Å². The molecule has 6 N–H and O–H groups in total. The van der Waals surface area contributed by atoms with Gasteiger partial charge < -0.3 is 40.1 Å². The summed E-state index contributed by atoms with van der Waals surface area (Å²) in [6.07, 6.45) is 14.3. The van der Waals surface area contributed by atoms with Gasteiger partial charge in [-0.05, 0) is 90.6 Å². The molecule has 1 saturated heterocycles. The molecule has 2 aliphatic rings. The van der Waals surface area contributed by atoms with Crippen LogP contribution in [0.15, 0.2) is 70.9 Å². The second kappa shape index (κ2) is 25.2. The number of Topliss-reactive ketones (excluding diaryl/α,β-unsaturated/α-hetero) is 1. The van der Waals surface area contributed by atoms with Gasteiger partial charge in [0.15, 0.2) is 5.79 Å². The van der Waals surface area contributed by atoms with E-state index in [-0.39, 0.29) is 73.6 Å². The molecule has 0 aliphatic carbocycles. The zero-order chi connectivity index (χ0) is 43.7. The summed E-state index contributed by atoms with van der Waals surface area (Å²) in [4.78, 5) is 26.7. The number of carbonyl (C=O) groups is 2. The van der Waals surface area contributed by atoms with Crippen LogP contribution in [0.2, 0.25) is 0 Å². The SMILES string of the molecule is CCC(O)C(C)C(O)CC(O)C/C=C(\C)CC(C)C1CC(O)C(C)/C=C\C=C/CC(C)C(=O)CC2CCC(C)C(O)(C/C=C(C)\C=C(\C)C(O)C/C=C(/C)C(=O)O1)O2. The number of ether oxygens (including phenoxy) is 2. The molecule has 13 unspecified atom stereocenters. The summed E-state index contributed by atoms with van der Waals surface area (Å²) in [7, 11) is 0. The molecule has 2 bridgehead atoms. The van der Waals surface area contributed by atoms with Gasteiger partial charge in [-0.15, -0.1) is 0 Å². The van der Waals surface area contributed by atoms with E-state index < -0.39 is 48.4 Å². The average molecular weight is 815 g/mol. The van der Waals surface area contributed by atoms with Crippen LogP contribution in [0.4, 0.5) is 0 Å². The van der Waals surface area contributed by atoms with Crippen LogP contribution >= 0.6 is 0 Å². The minimum atomic E-state index is -1.40. The molecule has 0 saturated carbocycles. The minimum Gasteiger partial charge on any atom is -0.459 e. The van der Waals surface area contributed by atoms with Crippen molar-refractivity contribution in [2.45, 2.75) is 188 Å². The fraction of sp³-hybridized carbons (Fsp3) is 0.708. The van der Waals surface area contributed by atoms with Gasteiger partial charge in [0.2, 0.25) is 0 Å². The van der Waals surface area contributed by atoms with Gasteiger partial charge in [0.1, 0.15) is 11.9 Å². The summed E-state index contributed by atoms with van der Waals surface area (Å²) in [6.45, 7) is 18.6. The molecule has 0 aromatic heterocycles. The zero-order valence-electron chi connectivity index (χ0n) is 37.1. The quantitative estimate of drug-likeness (QED) is 0.0945. The Labute approximate surface area is 349 Å². The maximum absolute atomic E-state index is 13.5. The van der Waals surface area contributed by atoms with E-state index >= 15 is 0 Å². The zero-order valence-corrected chi connectivity index (χ0v) is 37.1. The normalized spacial score (nSPS) is 36.0. The Balaban J connectivity index is 2.32. The Bertz CT molecular complexity index is 1470. The van der Waals surface area contributed by atoms with Crippen molar-refractivity contribution in [1.29, 1.82) is 0 Å². The molecule has 0 aromatic carbocycles. The molecule has 0 amide bonds. The highest BCUT2D eigenvalue weighted by Crippen LogP contribution is 2.37. The lowest BCUT2D eigenvalue weighted by Crippen LogP contribution is -2.47. The Kier molecular flexibility index (Phi) is 22.3. The first kappa shape index (κ1) is 51.4. The van der Waals surface area contributed by atoms with Crippen molar-refractivity contribution in [3.63, 3.8) is 0 Å². The van der Waals surface area contributed by atoms with Crippen molar-refractivity contribution in [3.8, 4) is 0 Å². The van der Waals surface area contributed by atoms with Crippen molar-refractivity contribution in [2.24, 2.45) is 29.6 Å². The fourth-order valence-electron chi connectivity index (χ4n) is 7.54. The molecule has 10 nitrogen and oxygen atoms in total. The lowest BCUT2D eigenvalue weighted by Gasteiger charge is -2.41. The summed E-state index contributed by atoms with van der Waals surface area (Å²) in [5.41, 5.74) is 2.85. The Morgan fingerprint density at radius 1 is 0.983 bits per heavy atom. The number of hydrogen-bond acceptors (Lipinski definition) is 10.